The number of esters is 1. The molecule has 0 bridgehead atoms. The Hall–Kier alpha value is -0.780. The smallest absolute Gasteiger partial charge is 0.425 e. The van der Waals surface area contributed by atoms with Gasteiger partial charge in [0.05, 0.1) is 6.61 Å². The van der Waals surface area contributed by atoms with Crippen LogP contribution in [0.15, 0.2) is 0 Å². The van der Waals surface area contributed by atoms with Crippen molar-refractivity contribution in [3.8, 4) is 0 Å². The van der Waals surface area contributed by atoms with E-state index >= 15 is 0 Å². The lowest BCUT2D eigenvalue weighted by Gasteiger charge is -2.19. The largest absolute Gasteiger partial charge is 0.464 e. The minimum Gasteiger partial charge on any atom is -0.464 e. The van der Waals surface area contributed by atoms with Crippen molar-refractivity contribution in [1.82, 2.24) is 0 Å². The van der Waals surface area contributed by atoms with Crippen LogP contribution in [-0.2, 0) is 14.3 Å². The Morgan fingerprint density at radius 2 is 1.48 bits per heavy atom. The topological polar surface area (TPSA) is 35.5 Å². The molecular weight excluding hydrogens is 285 g/mol. The van der Waals surface area contributed by atoms with Crippen LogP contribution in [0.5, 0.6) is 0 Å². The molecule has 0 aromatic carbocycles. The summed E-state index contributed by atoms with van der Waals surface area (Å²) in [5.41, 5.74) is 0. The Balaban J connectivity index is 4.00. The average Bonchev–Trinajstić information content (AvgIpc) is 2.40. The van der Waals surface area contributed by atoms with Crippen molar-refractivity contribution in [2.24, 2.45) is 0 Å². The molecule has 0 rings (SSSR count). The lowest BCUT2D eigenvalue weighted by molar-refractivity contribution is -0.230. The van der Waals surface area contributed by atoms with Gasteiger partial charge in [0, 0.05) is 6.61 Å². The molecule has 0 radical (unpaired) electrons. The van der Waals surface area contributed by atoms with E-state index in [4.69, 9.17) is 4.74 Å². The van der Waals surface area contributed by atoms with Crippen molar-refractivity contribution < 1.29 is 27.4 Å². The number of hydrogen-bond donors (Lipinski definition) is 0. The lowest BCUT2D eigenvalue weighted by Crippen LogP contribution is -2.40. The lowest BCUT2D eigenvalue weighted by atomic mass is 10.1. The third-order valence-corrected chi connectivity index (χ3v) is 3.04. The van der Waals surface area contributed by atoms with Crippen LogP contribution >= 0.6 is 0 Å². The fourth-order valence-corrected chi connectivity index (χ4v) is 1.77. The van der Waals surface area contributed by atoms with Crippen LogP contribution in [0.4, 0.5) is 13.2 Å². The van der Waals surface area contributed by atoms with Gasteiger partial charge in [0.1, 0.15) is 0 Å². The molecule has 0 spiro atoms. The number of halogens is 3. The molecule has 0 saturated carbocycles. The first-order valence-corrected chi connectivity index (χ1v) is 7.78. The van der Waals surface area contributed by atoms with Gasteiger partial charge < -0.3 is 9.47 Å². The highest BCUT2D eigenvalue weighted by atomic mass is 19.4. The highest BCUT2D eigenvalue weighted by Crippen LogP contribution is 2.24. The van der Waals surface area contributed by atoms with E-state index < -0.39 is 18.2 Å². The van der Waals surface area contributed by atoms with Crippen LogP contribution in [0.2, 0.25) is 0 Å². The molecule has 0 aliphatic heterocycles. The fourth-order valence-electron chi connectivity index (χ4n) is 1.77. The number of carbonyl (C=O) groups excluding carboxylic acids is 1. The van der Waals surface area contributed by atoms with Gasteiger partial charge in [-0.15, -0.1) is 0 Å². The van der Waals surface area contributed by atoms with Gasteiger partial charge in [-0.3, -0.25) is 0 Å². The molecule has 126 valence electrons. The van der Waals surface area contributed by atoms with Crippen molar-refractivity contribution in [2.75, 3.05) is 13.2 Å². The Morgan fingerprint density at radius 1 is 0.905 bits per heavy atom. The van der Waals surface area contributed by atoms with Crippen LogP contribution in [0.25, 0.3) is 0 Å². The first-order valence-electron chi connectivity index (χ1n) is 7.78. The molecule has 21 heavy (non-hydrogen) atoms. The molecule has 1 atom stereocenters. The number of ether oxygens (including phenoxy) is 2. The molecule has 0 heterocycles. The fraction of sp³-hybridized carbons (Fsp3) is 0.933. The van der Waals surface area contributed by atoms with Gasteiger partial charge in [0.25, 0.3) is 6.10 Å². The molecule has 0 aromatic heterocycles. The van der Waals surface area contributed by atoms with Crippen molar-refractivity contribution in [3.63, 3.8) is 0 Å². The van der Waals surface area contributed by atoms with Gasteiger partial charge in [-0.2, -0.15) is 13.2 Å². The number of carbonyl (C=O) groups is 1. The summed E-state index contributed by atoms with van der Waals surface area (Å²) in [5, 5.41) is 0. The summed E-state index contributed by atoms with van der Waals surface area (Å²) in [6.45, 7) is 3.90. The van der Waals surface area contributed by atoms with E-state index in [-0.39, 0.29) is 13.2 Å². The highest BCUT2D eigenvalue weighted by molar-refractivity contribution is 5.75. The Morgan fingerprint density at radius 3 is 2.05 bits per heavy atom. The average molecular weight is 312 g/mol. The summed E-state index contributed by atoms with van der Waals surface area (Å²) < 4.78 is 47.5. The number of rotatable bonds is 12. The van der Waals surface area contributed by atoms with E-state index in [2.05, 4.69) is 11.7 Å². The summed E-state index contributed by atoms with van der Waals surface area (Å²) in [4.78, 5) is 11.4. The van der Waals surface area contributed by atoms with Gasteiger partial charge >= 0.3 is 12.1 Å². The van der Waals surface area contributed by atoms with Crippen molar-refractivity contribution in [1.29, 1.82) is 0 Å². The SMILES string of the molecule is CCCCCCCCOC(C(=O)OCCCC)C(F)(F)F. The molecule has 0 aliphatic carbocycles. The molecule has 0 N–H and O–H groups in total. The van der Waals surface area contributed by atoms with Crippen LogP contribution < -0.4 is 0 Å². The zero-order valence-corrected chi connectivity index (χ0v) is 13.0. The second-order valence-electron chi connectivity index (χ2n) is 5.08. The van der Waals surface area contributed by atoms with Crippen LogP contribution in [0.1, 0.15) is 65.2 Å². The molecule has 0 aromatic rings. The normalized spacial score (nSPS) is 13.2. The van der Waals surface area contributed by atoms with E-state index in [1.165, 1.54) is 0 Å². The maximum absolute atomic E-state index is 12.7. The maximum atomic E-state index is 12.7. The standard InChI is InChI=1S/C15H27F3O3/c1-3-5-7-8-9-10-12-20-13(15(16,17)18)14(19)21-11-6-4-2/h13H,3-12H2,1-2H3. The maximum Gasteiger partial charge on any atom is 0.425 e. The molecular formula is C15H27F3O3. The van der Waals surface area contributed by atoms with E-state index in [1.807, 2.05) is 6.92 Å². The molecule has 0 saturated heterocycles. The predicted molar refractivity (Wildman–Crippen MR) is 75.0 cm³/mol. The summed E-state index contributed by atoms with van der Waals surface area (Å²) in [5.74, 6) is -1.33. The summed E-state index contributed by atoms with van der Waals surface area (Å²) in [6.07, 6.45) is -0.209. The van der Waals surface area contributed by atoms with Crippen LogP contribution in [0.3, 0.4) is 0 Å². The third-order valence-electron chi connectivity index (χ3n) is 3.04. The molecule has 0 amide bonds. The van der Waals surface area contributed by atoms with Crippen LogP contribution in [0, 0.1) is 0 Å². The van der Waals surface area contributed by atoms with E-state index in [9.17, 15) is 18.0 Å². The number of unbranched alkanes of at least 4 members (excludes halogenated alkanes) is 6. The van der Waals surface area contributed by atoms with Gasteiger partial charge in [-0.1, -0.05) is 52.4 Å². The summed E-state index contributed by atoms with van der Waals surface area (Å²) in [6, 6.07) is 0. The quantitative estimate of drug-likeness (QED) is 0.389. The first kappa shape index (κ1) is 20.2. The van der Waals surface area contributed by atoms with Crippen LogP contribution in [-0.4, -0.2) is 31.5 Å². The molecule has 0 fully saturated rings. The number of alkyl halides is 3. The highest BCUT2D eigenvalue weighted by Gasteiger charge is 2.47. The molecule has 1 unspecified atom stereocenters. The van der Waals surface area contributed by atoms with Gasteiger partial charge in [-0.25, -0.2) is 4.79 Å². The van der Waals surface area contributed by atoms with E-state index in [1.54, 1.807) is 0 Å². The number of hydrogen-bond acceptors (Lipinski definition) is 3. The first-order chi connectivity index (χ1) is 9.93. The van der Waals surface area contributed by atoms with Gasteiger partial charge in [0.15, 0.2) is 0 Å². The Bertz CT molecular complexity index is 267. The Kier molecular flexibility index (Phi) is 11.4. The zero-order chi connectivity index (χ0) is 16.1. The van der Waals surface area contributed by atoms with E-state index in [0.717, 1.165) is 38.5 Å². The van der Waals surface area contributed by atoms with Crippen molar-refractivity contribution in [3.05, 3.63) is 0 Å². The second kappa shape index (κ2) is 11.8. The Labute approximate surface area is 125 Å². The van der Waals surface area contributed by atoms with E-state index in [0.29, 0.717) is 12.8 Å². The second-order valence-corrected chi connectivity index (χ2v) is 5.08. The van der Waals surface area contributed by atoms with Crippen molar-refractivity contribution in [2.45, 2.75) is 77.5 Å². The third kappa shape index (κ3) is 10.6. The zero-order valence-electron chi connectivity index (χ0n) is 13.0. The van der Waals surface area contributed by atoms with Crippen molar-refractivity contribution >= 4 is 5.97 Å². The monoisotopic (exact) mass is 312 g/mol. The van der Waals surface area contributed by atoms with Gasteiger partial charge in [-0.05, 0) is 12.8 Å². The molecule has 6 heteroatoms. The molecule has 3 nitrogen and oxygen atoms in total. The minimum atomic E-state index is -4.72. The summed E-state index contributed by atoms with van der Waals surface area (Å²) >= 11 is 0. The van der Waals surface area contributed by atoms with Gasteiger partial charge in [0.2, 0.25) is 0 Å². The minimum absolute atomic E-state index is 0.00227. The molecule has 0 aliphatic rings. The predicted octanol–water partition coefficient (Wildman–Crippen LogP) is 4.64. The summed E-state index contributed by atoms with van der Waals surface area (Å²) in [7, 11) is 0.